The van der Waals surface area contributed by atoms with Crippen LogP contribution in [-0.4, -0.2) is 36.8 Å². The van der Waals surface area contributed by atoms with E-state index in [1.165, 1.54) is 18.2 Å². The van der Waals surface area contributed by atoms with E-state index in [1.807, 2.05) is 9.80 Å². The van der Waals surface area contributed by atoms with Crippen LogP contribution in [0.15, 0.2) is 42.5 Å². The normalized spacial score (nSPS) is 21.9. The van der Waals surface area contributed by atoms with E-state index >= 15 is 0 Å². The SMILES string of the molecule is O=C(O)C1Cc2cc(C(F)(F)F)ccc2N2CCN(c3ccc(F)cc3)CC12. The lowest BCUT2D eigenvalue weighted by Gasteiger charge is -2.49. The molecule has 0 aromatic heterocycles. The van der Waals surface area contributed by atoms with E-state index in [-0.39, 0.29) is 18.3 Å². The number of hydrogen-bond donors (Lipinski definition) is 1. The van der Waals surface area contributed by atoms with Crippen LogP contribution in [0.5, 0.6) is 0 Å². The van der Waals surface area contributed by atoms with Crippen LogP contribution in [0.25, 0.3) is 0 Å². The standard InChI is InChI=1S/C20H18F4N2O2/c21-14-2-4-15(5-3-14)25-7-8-26-17-6-1-13(20(22,23)24)9-12(17)10-16(19(27)28)18(26)11-25/h1-6,9,16,18H,7-8,10-11H2,(H,27,28). The summed E-state index contributed by atoms with van der Waals surface area (Å²) in [4.78, 5) is 15.8. The molecule has 2 heterocycles. The molecule has 0 bridgehead atoms. The van der Waals surface area contributed by atoms with Crippen LogP contribution in [0.3, 0.4) is 0 Å². The minimum Gasteiger partial charge on any atom is -0.481 e. The fraction of sp³-hybridized carbons (Fsp3) is 0.350. The number of hydrogen-bond acceptors (Lipinski definition) is 3. The van der Waals surface area contributed by atoms with Gasteiger partial charge in [0, 0.05) is 31.0 Å². The highest BCUT2D eigenvalue weighted by Gasteiger charge is 2.42. The van der Waals surface area contributed by atoms with Crippen molar-refractivity contribution in [1.29, 1.82) is 0 Å². The molecule has 8 heteroatoms. The van der Waals surface area contributed by atoms with Crippen molar-refractivity contribution in [3.63, 3.8) is 0 Å². The minimum absolute atomic E-state index is 0.0486. The molecule has 0 saturated carbocycles. The molecule has 0 amide bonds. The Labute approximate surface area is 159 Å². The highest BCUT2D eigenvalue weighted by molar-refractivity contribution is 5.76. The molecule has 1 fully saturated rings. The van der Waals surface area contributed by atoms with Crippen molar-refractivity contribution in [3.05, 3.63) is 59.4 Å². The molecule has 1 saturated heterocycles. The molecule has 2 atom stereocenters. The zero-order valence-electron chi connectivity index (χ0n) is 14.8. The number of nitrogens with zero attached hydrogens (tertiary/aromatic N) is 2. The van der Waals surface area contributed by atoms with Gasteiger partial charge in [0.1, 0.15) is 5.82 Å². The number of halogens is 4. The molecule has 28 heavy (non-hydrogen) atoms. The van der Waals surface area contributed by atoms with Crippen LogP contribution in [0.1, 0.15) is 11.1 Å². The third kappa shape index (κ3) is 3.27. The van der Waals surface area contributed by atoms with Gasteiger partial charge in [-0.05, 0) is 54.4 Å². The number of piperazine rings is 1. The number of fused-ring (bicyclic) bond motifs is 3. The summed E-state index contributed by atoms with van der Waals surface area (Å²) in [7, 11) is 0. The lowest BCUT2D eigenvalue weighted by molar-refractivity contribution is -0.142. The summed E-state index contributed by atoms with van der Waals surface area (Å²) < 4.78 is 52.3. The maximum atomic E-state index is 13.2. The fourth-order valence-electron chi connectivity index (χ4n) is 4.17. The zero-order chi connectivity index (χ0) is 20.1. The molecule has 0 aliphatic carbocycles. The predicted octanol–water partition coefficient (Wildman–Crippen LogP) is 3.80. The van der Waals surface area contributed by atoms with Crippen molar-refractivity contribution in [3.8, 4) is 0 Å². The molecule has 2 aromatic rings. The lowest BCUT2D eigenvalue weighted by atomic mass is 9.83. The first-order valence-electron chi connectivity index (χ1n) is 8.94. The van der Waals surface area contributed by atoms with E-state index in [4.69, 9.17) is 0 Å². The maximum absolute atomic E-state index is 13.2. The molecule has 0 spiro atoms. The van der Waals surface area contributed by atoms with Gasteiger partial charge in [-0.2, -0.15) is 13.2 Å². The molecular weight excluding hydrogens is 376 g/mol. The molecule has 1 N–H and O–H groups in total. The first kappa shape index (κ1) is 18.6. The third-order valence-corrected chi connectivity index (χ3v) is 5.55. The van der Waals surface area contributed by atoms with Gasteiger partial charge in [0.25, 0.3) is 0 Å². The summed E-state index contributed by atoms with van der Waals surface area (Å²) in [5.41, 5.74) is 1.10. The number of alkyl halides is 3. The topological polar surface area (TPSA) is 43.8 Å². The zero-order valence-corrected chi connectivity index (χ0v) is 14.8. The van der Waals surface area contributed by atoms with Gasteiger partial charge >= 0.3 is 12.1 Å². The van der Waals surface area contributed by atoms with Gasteiger partial charge in [-0.3, -0.25) is 4.79 Å². The number of carboxylic acid groups (broad SMARTS) is 1. The Morgan fingerprint density at radius 1 is 1.07 bits per heavy atom. The van der Waals surface area contributed by atoms with Crippen molar-refractivity contribution in [1.82, 2.24) is 0 Å². The molecule has 2 unspecified atom stereocenters. The van der Waals surface area contributed by atoms with Gasteiger partial charge < -0.3 is 14.9 Å². The van der Waals surface area contributed by atoms with E-state index in [1.54, 1.807) is 12.1 Å². The molecule has 2 aliphatic heterocycles. The van der Waals surface area contributed by atoms with Crippen LogP contribution < -0.4 is 9.80 Å². The maximum Gasteiger partial charge on any atom is 0.416 e. The van der Waals surface area contributed by atoms with E-state index in [9.17, 15) is 27.5 Å². The van der Waals surface area contributed by atoms with Crippen LogP contribution in [0.2, 0.25) is 0 Å². The Morgan fingerprint density at radius 3 is 2.43 bits per heavy atom. The molecule has 2 aromatic carbocycles. The average Bonchev–Trinajstić information content (AvgIpc) is 2.66. The summed E-state index contributed by atoms with van der Waals surface area (Å²) in [5.74, 6) is -2.20. The largest absolute Gasteiger partial charge is 0.481 e. The highest BCUT2D eigenvalue weighted by atomic mass is 19.4. The van der Waals surface area contributed by atoms with Crippen LogP contribution in [0, 0.1) is 11.7 Å². The summed E-state index contributed by atoms with van der Waals surface area (Å²) >= 11 is 0. The lowest BCUT2D eigenvalue weighted by Crippen LogP contribution is -2.60. The van der Waals surface area contributed by atoms with E-state index < -0.39 is 23.6 Å². The van der Waals surface area contributed by atoms with Gasteiger partial charge in [0.2, 0.25) is 0 Å². The molecule has 2 aliphatic rings. The Morgan fingerprint density at radius 2 is 1.79 bits per heavy atom. The molecule has 4 nitrogen and oxygen atoms in total. The Hall–Kier alpha value is -2.77. The quantitative estimate of drug-likeness (QED) is 0.787. The van der Waals surface area contributed by atoms with Crippen molar-refractivity contribution in [2.45, 2.75) is 18.6 Å². The Bertz CT molecular complexity index is 898. The number of anilines is 2. The van der Waals surface area contributed by atoms with Crippen LogP contribution >= 0.6 is 0 Å². The highest BCUT2D eigenvalue weighted by Crippen LogP contribution is 2.40. The number of rotatable bonds is 2. The summed E-state index contributed by atoms with van der Waals surface area (Å²) in [6, 6.07) is 9.17. The fourth-order valence-corrected chi connectivity index (χ4v) is 4.17. The van der Waals surface area contributed by atoms with Gasteiger partial charge in [-0.15, -0.1) is 0 Å². The second-order valence-electron chi connectivity index (χ2n) is 7.17. The van der Waals surface area contributed by atoms with E-state index in [2.05, 4.69) is 0 Å². The van der Waals surface area contributed by atoms with Gasteiger partial charge in [0.05, 0.1) is 17.5 Å². The summed E-state index contributed by atoms with van der Waals surface area (Å²) in [6.07, 6.45) is -4.42. The Balaban J connectivity index is 1.67. The summed E-state index contributed by atoms with van der Waals surface area (Å²) in [6.45, 7) is 1.45. The predicted molar refractivity (Wildman–Crippen MR) is 96.0 cm³/mol. The van der Waals surface area contributed by atoms with Crippen LogP contribution in [-0.2, 0) is 17.4 Å². The monoisotopic (exact) mass is 394 g/mol. The number of carbonyl (C=O) groups is 1. The Kier molecular flexibility index (Phi) is 4.44. The van der Waals surface area contributed by atoms with Crippen molar-refractivity contribution < 1.29 is 27.5 Å². The molecule has 0 radical (unpaired) electrons. The second kappa shape index (κ2) is 6.68. The first-order chi connectivity index (χ1) is 13.2. The number of carboxylic acids is 1. The van der Waals surface area contributed by atoms with Gasteiger partial charge in [-0.1, -0.05) is 0 Å². The van der Waals surface area contributed by atoms with E-state index in [0.717, 1.165) is 17.8 Å². The molecule has 148 valence electrons. The minimum atomic E-state index is -4.47. The third-order valence-electron chi connectivity index (χ3n) is 5.55. The molecule has 4 rings (SSSR count). The van der Waals surface area contributed by atoms with Crippen molar-refractivity contribution in [2.24, 2.45) is 5.92 Å². The van der Waals surface area contributed by atoms with Crippen LogP contribution in [0.4, 0.5) is 28.9 Å². The second-order valence-corrected chi connectivity index (χ2v) is 7.17. The molecular formula is C20H18F4N2O2. The van der Waals surface area contributed by atoms with Gasteiger partial charge in [-0.25, -0.2) is 4.39 Å². The average molecular weight is 394 g/mol. The van der Waals surface area contributed by atoms with Crippen molar-refractivity contribution >= 4 is 17.3 Å². The smallest absolute Gasteiger partial charge is 0.416 e. The van der Waals surface area contributed by atoms with Gasteiger partial charge in [0.15, 0.2) is 0 Å². The number of benzene rings is 2. The first-order valence-corrected chi connectivity index (χ1v) is 8.94. The summed E-state index contributed by atoms with van der Waals surface area (Å²) in [5, 5.41) is 9.71. The number of aliphatic carboxylic acids is 1. The van der Waals surface area contributed by atoms with Crippen molar-refractivity contribution in [2.75, 3.05) is 29.4 Å². The van der Waals surface area contributed by atoms with E-state index in [0.29, 0.717) is 30.9 Å².